The minimum Gasteiger partial charge on any atom is -0.325 e. The SMILES string of the molecule is Cc1[nH]c(=O)c2cccc(C(C)C)c2c1Br. The topological polar surface area (TPSA) is 32.9 Å². The Hall–Kier alpha value is -1.09. The smallest absolute Gasteiger partial charge is 0.256 e. The maximum absolute atomic E-state index is 11.9. The van der Waals surface area contributed by atoms with Gasteiger partial charge < -0.3 is 4.98 Å². The van der Waals surface area contributed by atoms with Crippen LogP contribution in [0.2, 0.25) is 0 Å². The Morgan fingerprint density at radius 3 is 2.62 bits per heavy atom. The molecule has 0 fully saturated rings. The summed E-state index contributed by atoms with van der Waals surface area (Å²) in [5.41, 5.74) is 2.07. The molecule has 2 aromatic rings. The Morgan fingerprint density at radius 1 is 1.31 bits per heavy atom. The van der Waals surface area contributed by atoms with E-state index >= 15 is 0 Å². The molecule has 1 aromatic carbocycles. The zero-order chi connectivity index (χ0) is 11.9. The summed E-state index contributed by atoms with van der Waals surface area (Å²) in [5.74, 6) is 0.404. The highest BCUT2D eigenvalue weighted by molar-refractivity contribution is 9.10. The predicted molar refractivity (Wildman–Crippen MR) is 71.1 cm³/mol. The van der Waals surface area contributed by atoms with Crippen LogP contribution in [0, 0.1) is 6.92 Å². The highest BCUT2D eigenvalue weighted by Crippen LogP contribution is 2.30. The standard InChI is InChI=1S/C13H14BrNO/c1-7(2)9-5-4-6-10-11(9)12(14)8(3)15-13(10)16/h4-7H,1-3H3,(H,15,16). The van der Waals surface area contributed by atoms with Crippen molar-refractivity contribution in [2.45, 2.75) is 26.7 Å². The third-order valence-corrected chi connectivity index (χ3v) is 3.80. The fourth-order valence-electron chi connectivity index (χ4n) is 1.97. The first kappa shape index (κ1) is 11.4. The Bertz CT molecular complexity index is 599. The number of hydrogen-bond donors (Lipinski definition) is 1. The highest BCUT2D eigenvalue weighted by Gasteiger charge is 2.12. The molecule has 1 aromatic heterocycles. The van der Waals surface area contributed by atoms with E-state index in [2.05, 4.69) is 40.8 Å². The normalized spacial score (nSPS) is 11.3. The number of hydrogen-bond acceptors (Lipinski definition) is 1. The van der Waals surface area contributed by atoms with Gasteiger partial charge in [0, 0.05) is 20.9 Å². The first-order chi connectivity index (χ1) is 7.52. The third-order valence-electron chi connectivity index (χ3n) is 2.81. The zero-order valence-corrected chi connectivity index (χ0v) is 11.2. The monoisotopic (exact) mass is 279 g/mol. The number of H-pyrrole nitrogens is 1. The van der Waals surface area contributed by atoms with Gasteiger partial charge in [-0.2, -0.15) is 0 Å². The molecular formula is C13H14BrNO. The fraction of sp³-hybridized carbons (Fsp3) is 0.308. The van der Waals surface area contributed by atoms with Crippen LogP contribution in [-0.4, -0.2) is 4.98 Å². The first-order valence-electron chi connectivity index (χ1n) is 5.33. The maximum Gasteiger partial charge on any atom is 0.256 e. The lowest BCUT2D eigenvalue weighted by molar-refractivity contribution is 0.875. The van der Waals surface area contributed by atoms with Gasteiger partial charge in [0.2, 0.25) is 0 Å². The van der Waals surface area contributed by atoms with E-state index in [0.717, 1.165) is 20.9 Å². The molecule has 0 amide bonds. The van der Waals surface area contributed by atoms with E-state index in [4.69, 9.17) is 0 Å². The van der Waals surface area contributed by atoms with Crippen molar-refractivity contribution in [1.29, 1.82) is 0 Å². The second-order valence-corrected chi connectivity index (χ2v) is 5.11. The number of nitrogens with one attached hydrogen (secondary N) is 1. The van der Waals surface area contributed by atoms with Crippen molar-refractivity contribution in [1.82, 2.24) is 4.98 Å². The molecule has 2 nitrogen and oxygen atoms in total. The summed E-state index contributed by atoms with van der Waals surface area (Å²) in [6, 6.07) is 5.88. The van der Waals surface area contributed by atoms with E-state index in [-0.39, 0.29) is 5.56 Å². The van der Waals surface area contributed by atoms with Gasteiger partial charge in [0.15, 0.2) is 0 Å². The molecule has 1 heterocycles. The molecule has 0 unspecified atom stereocenters. The van der Waals surface area contributed by atoms with Crippen LogP contribution >= 0.6 is 15.9 Å². The van der Waals surface area contributed by atoms with Crippen LogP contribution in [-0.2, 0) is 0 Å². The van der Waals surface area contributed by atoms with E-state index in [9.17, 15) is 4.79 Å². The number of fused-ring (bicyclic) bond motifs is 1. The van der Waals surface area contributed by atoms with E-state index in [1.807, 2.05) is 19.1 Å². The van der Waals surface area contributed by atoms with Crippen molar-refractivity contribution in [3.05, 3.63) is 44.3 Å². The summed E-state index contributed by atoms with van der Waals surface area (Å²) in [7, 11) is 0. The molecule has 0 saturated heterocycles. The van der Waals surface area contributed by atoms with Crippen LogP contribution in [0.1, 0.15) is 31.0 Å². The van der Waals surface area contributed by atoms with Crippen LogP contribution in [0.3, 0.4) is 0 Å². The van der Waals surface area contributed by atoms with Crippen molar-refractivity contribution in [3.63, 3.8) is 0 Å². The van der Waals surface area contributed by atoms with Gasteiger partial charge >= 0.3 is 0 Å². The van der Waals surface area contributed by atoms with Crippen LogP contribution in [0.4, 0.5) is 0 Å². The second kappa shape index (κ2) is 4.06. The summed E-state index contributed by atoms with van der Waals surface area (Å²) < 4.78 is 0.992. The molecule has 0 bridgehead atoms. The highest BCUT2D eigenvalue weighted by atomic mass is 79.9. The first-order valence-corrected chi connectivity index (χ1v) is 6.12. The Balaban J connectivity index is 3.01. The Morgan fingerprint density at radius 2 is 2.00 bits per heavy atom. The molecule has 16 heavy (non-hydrogen) atoms. The number of rotatable bonds is 1. The summed E-state index contributed by atoms with van der Waals surface area (Å²) in [4.78, 5) is 14.7. The molecule has 0 aliphatic carbocycles. The molecule has 3 heteroatoms. The van der Waals surface area contributed by atoms with E-state index in [1.165, 1.54) is 5.56 Å². The van der Waals surface area contributed by atoms with Crippen LogP contribution in [0.15, 0.2) is 27.5 Å². The number of aryl methyl sites for hydroxylation is 1. The van der Waals surface area contributed by atoms with Crippen molar-refractivity contribution >= 4 is 26.7 Å². The molecule has 0 radical (unpaired) electrons. The molecule has 0 atom stereocenters. The predicted octanol–water partition coefficient (Wildman–Crippen LogP) is 3.72. The average Bonchev–Trinajstić information content (AvgIpc) is 2.25. The zero-order valence-electron chi connectivity index (χ0n) is 9.60. The lowest BCUT2D eigenvalue weighted by Crippen LogP contribution is -2.09. The largest absolute Gasteiger partial charge is 0.325 e. The van der Waals surface area contributed by atoms with E-state index < -0.39 is 0 Å². The molecular weight excluding hydrogens is 266 g/mol. The van der Waals surface area contributed by atoms with Crippen molar-refractivity contribution in [3.8, 4) is 0 Å². The third kappa shape index (κ3) is 1.69. The quantitative estimate of drug-likeness (QED) is 0.848. The van der Waals surface area contributed by atoms with Crippen LogP contribution in [0.5, 0.6) is 0 Å². The van der Waals surface area contributed by atoms with Crippen molar-refractivity contribution in [2.75, 3.05) is 0 Å². The van der Waals surface area contributed by atoms with E-state index in [0.29, 0.717) is 5.92 Å². The van der Waals surface area contributed by atoms with Crippen LogP contribution < -0.4 is 5.56 Å². The maximum atomic E-state index is 11.9. The van der Waals surface area contributed by atoms with Gasteiger partial charge in [-0.1, -0.05) is 26.0 Å². The number of halogens is 1. The number of pyridine rings is 1. The minimum atomic E-state index is -0.0156. The van der Waals surface area contributed by atoms with Crippen molar-refractivity contribution < 1.29 is 0 Å². The summed E-state index contributed by atoms with van der Waals surface area (Å²) in [6.07, 6.45) is 0. The fourth-order valence-corrected chi connectivity index (χ4v) is 2.51. The van der Waals surface area contributed by atoms with Gasteiger partial charge in [-0.05, 0) is 40.4 Å². The van der Waals surface area contributed by atoms with Gasteiger partial charge in [-0.25, -0.2) is 0 Å². The second-order valence-electron chi connectivity index (χ2n) is 4.32. The summed E-state index contributed by atoms with van der Waals surface area (Å²) in [6.45, 7) is 6.18. The number of benzene rings is 1. The number of aromatic amines is 1. The molecule has 2 rings (SSSR count). The summed E-state index contributed by atoms with van der Waals surface area (Å²) in [5, 5.41) is 1.79. The van der Waals surface area contributed by atoms with Crippen LogP contribution in [0.25, 0.3) is 10.8 Å². The average molecular weight is 280 g/mol. The molecule has 0 aliphatic rings. The Labute approximate surface area is 103 Å². The minimum absolute atomic E-state index is 0.0156. The lowest BCUT2D eigenvalue weighted by Gasteiger charge is -2.12. The molecule has 0 spiro atoms. The van der Waals surface area contributed by atoms with Gasteiger partial charge in [-0.15, -0.1) is 0 Å². The van der Waals surface area contributed by atoms with Gasteiger partial charge in [0.05, 0.1) is 0 Å². The molecule has 0 aliphatic heterocycles. The molecule has 1 N–H and O–H groups in total. The van der Waals surface area contributed by atoms with Gasteiger partial charge in [0.1, 0.15) is 0 Å². The molecule has 0 saturated carbocycles. The lowest BCUT2D eigenvalue weighted by atomic mass is 9.96. The summed E-state index contributed by atoms with van der Waals surface area (Å²) >= 11 is 3.56. The van der Waals surface area contributed by atoms with Crippen molar-refractivity contribution in [2.24, 2.45) is 0 Å². The molecule has 84 valence electrons. The Kier molecular flexibility index (Phi) is 2.89. The number of aromatic nitrogens is 1. The van der Waals surface area contributed by atoms with Gasteiger partial charge in [0.25, 0.3) is 5.56 Å². The van der Waals surface area contributed by atoms with Gasteiger partial charge in [-0.3, -0.25) is 4.79 Å². The van der Waals surface area contributed by atoms with E-state index in [1.54, 1.807) is 0 Å².